The van der Waals surface area contributed by atoms with Gasteiger partial charge < -0.3 is 15.0 Å². The summed E-state index contributed by atoms with van der Waals surface area (Å²) in [5, 5.41) is 2.90. The maximum absolute atomic E-state index is 11.6. The first-order valence-corrected chi connectivity index (χ1v) is 7.07. The molecule has 2 N–H and O–H groups in total. The fraction of sp³-hybridized carbons (Fsp3) is 0.467. The summed E-state index contributed by atoms with van der Waals surface area (Å²) < 4.78 is 5.20. The van der Waals surface area contributed by atoms with Crippen LogP contribution < -0.4 is 5.32 Å². The molecule has 108 valence electrons. The largest absolute Gasteiger partial charge is 0.382 e. The third-order valence-corrected chi connectivity index (χ3v) is 3.02. The van der Waals surface area contributed by atoms with E-state index in [9.17, 15) is 4.79 Å². The number of carbonyl (C=O) groups excluding carboxylic acids is 1. The van der Waals surface area contributed by atoms with Crippen LogP contribution in [0.3, 0.4) is 0 Å². The van der Waals surface area contributed by atoms with Crippen molar-refractivity contribution in [1.29, 1.82) is 0 Å². The highest BCUT2D eigenvalue weighted by atomic mass is 16.5. The van der Waals surface area contributed by atoms with Crippen molar-refractivity contribution < 1.29 is 9.53 Å². The van der Waals surface area contributed by atoms with E-state index in [4.69, 9.17) is 4.74 Å². The standard InChI is InChI=1S/C15H21N3O2/c1-2-20-11-5-8-15(19)16-10-9-14-17-12-6-3-4-7-13(12)18-14/h3-4,6-7H,2,5,8-11H2,1H3,(H,16,19)(H,17,18). The Kier molecular flexibility index (Phi) is 5.55. The van der Waals surface area contributed by atoms with Gasteiger partial charge in [0, 0.05) is 32.6 Å². The summed E-state index contributed by atoms with van der Waals surface area (Å²) in [5.41, 5.74) is 2.00. The van der Waals surface area contributed by atoms with Crippen LogP contribution in [0, 0.1) is 0 Å². The molecule has 0 radical (unpaired) electrons. The molecule has 1 heterocycles. The number of para-hydroxylation sites is 2. The predicted molar refractivity (Wildman–Crippen MR) is 78.5 cm³/mol. The molecule has 0 aliphatic heterocycles. The number of fused-ring (bicyclic) bond motifs is 1. The summed E-state index contributed by atoms with van der Waals surface area (Å²) in [6.07, 6.45) is 2.00. The maximum atomic E-state index is 11.6. The van der Waals surface area contributed by atoms with E-state index in [-0.39, 0.29) is 5.91 Å². The van der Waals surface area contributed by atoms with Gasteiger partial charge in [-0.05, 0) is 25.5 Å². The minimum absolute atomic E-state index is 0.0702. The molecule has 0 atom stereocenters. The number of aromatic amines is 1. The molecule has 5 nitrogen and oxygen atoms in total. The summed E-state index contributed by atoms with van der Waals surface area (Å²) in [4.78, 5) is 19.3. The van der Waals surface area contributed by atoms with Crippen LogP contribution in [0.5, 0.6) is 0 Å². The maximum Gasteiger partial charge on any atom is 0.220 e. The van der Waals surface area contributed by atoms with Crippen molar-refractivity contribution in [2.75, 3.05) is 19.8 Å². The predicted octanol–water partition coefficient (Wildman–Crippen LogP) is 2.04. The molecule has 20 heavy (non-hydrogen) atoms. The Labute approximate surface area is 118 Å². The number of hydrogen-bond donors (Lipinski definition) is 2. The first-order chi connectivity index (χ1) is 9.79. The third-order valence-electron chi connectivity index (χ3n) is 3.02. The molecule has 0 spiro atoms. The lowest BCUT2D eigenvalue weighted by atomic mass is 10.3. The van der Waals surface area contributed by atoms with E-state index in [0.717, 1.165) is 23.3 Å². The van der Waals surface area contributed by atoms with Crippen LogP contribution in [0.2, 0.25) is 0 Å². The number of hydrogen-bond acceptors (Lipinski definition) is 3. The number of H-pyrrole nitrogens is 1. The zero-order valence-corrected chi connectivity index (χ0v) is 11.8. The molecule has 0 aliphatic rings. The Morgan fingerprint density at radius 2 is 2.25 bits per heavy atom. The summed E-state index contributed by atoms with van der Waals surface area (Å²) in [5.74, 6) is 0.974. The van der Waals surface area contributed by atoms with Gasteiger partial charge in [0.2, 0.25) is 5.91 Å². The van der Waals surface area contributed by atoms with Gasteiger partial charge in [-0.1, -0.05) is 12.1 Å². The van der Waals surface area contributed by atoms with Gasteiger partial charge in [0.05, 0.1) is 11.0 Å². The Bertz CT molecular complexity index is 518. The number of imidazole rings is 1. The molecule has 0 saturated heterocycles. The summed E-state index contributed by atoms with van der Waals surface area (Å²) in [6.45, 7) is 3.90. The highest BCUT2D eigenvalue weighted by molar-refractivity contribution is 5.76. The molecule has 0 aliphatic carbocycles. The van der Waals surface area contributed by atoms with Crippen LogP contribution in [0.4, 0.5) is 0 Å². The molecule has 0 saturated carbocycles. The molecule has 1 aromatic carbocycles. The molecule has 5 heteroatoms. The van der Waals surface area contributed by atoms with Gasteiger partial charge in [0.15, 0.2) is 0 Å². The van der Waals surface area contributed by atoms with Crippen molar-refractivity contribution in [3.63, 3.8) is 0 Å². The molecule has 1 aromatic heterocycles. The van der Waals surface area contributed by atoms with Crippen LogP contribution in [-0.2, 0) is 16.0 Å². The van der Waals surface area contributed by atoms with E-state index in [0.29, 0.717) is 32.6 Å². The Balaban J connectivity index is 1.68. The minimum atomic E-state index is 0.0702. The number of carbonyl (C=O) groups is 1. The highest BCUT2D eigenvalue weighted by Gasteiger charge is 2.04. The molecule has 0 bridgehead atoms. The molecular formula is C15H21N3O2. The van der Waals surface area contributed by atoms with E-state index in [1.165, 1.54) is 0 Å². The highest BCUT2D eigenvalue weighted by Crippen LogP contribution is 2.10. The second-order valence-electron chi connectivity index (χ2n) is 4.60. The van der Waals surface area contributed by atoms with Crippen LogP contribution in [0.25, 0.3) is 11.0 Å². The van der Waals surface area contributed by atoms with E-state index in [2.05, 4.69) is 15.3 Å². The lowest BCUT2D eigenvalue weighted by Gasteiger charge is -2.04. The number of ether oxygens (including phenoxy) is 1. The van der Waals surface area contributed by atoms with Gasteiger partial charge in [0.25, 0.3) is 0 Å². The minimum Gasteiger partial charge on any atom is -0.382 e. The first kappa shape index (κ1) is 14.5. The molecule has 0 fully saturated rings. The van der Waals surface area contributed by atoms with E-state index in [1.54, 1.807) is 0 Å². The number of nitrogens with zero attached hydrogens (tertiary/aromatic N) is 1. The van der Waals surface area contributed by atoms with E-state index < -0.39 is 0 Å². The average molecular weight is 275 g/mol. The number of benzene rings is 1. The van der Waals surface area contributed by atoms with Crippen molar-refractivity contribution in [3.8, 4) is 0 Å². The van der Waals surface area contributed by atoms with E-state index >= 15 is 0 Å². The number of aromatic nitrogens is 2. The Morgan fingerprint density at radius 3 is 3.05 bits per heavy atom. The van der Waals surface area contributed by atoms with Crippen LogP contribution in [0.1, 0.15) is 25.6 Å². The quantitative estimate of drug-likeness (QED) is 0.724. The fourth-order valence-electron chi connectivity index (χ4n) is 2.01. The van der Waals surface area contributed by atoms with Gasteiger partial charge in [-0.3, -0.25) is 4.79 Å². The normalized spacial score (nSPS) is 10.8. The zero-order chi connectivity index (χ0) is 14.2. The second kappa shape index (κ2) is 7.65. The van der Waals surface area contributed by atoms with Crippen LogP contribution in [0.15, 0.2) is 24.3 Å². The van der Waals surface area contributed by atoms with Crippen molar-refractivity contribution in [2.24, 2.45) is 0 Å². The topological polar surface area (TPSA) is 67.0 Å². The van der Waals surface area contributed by atoms with Gasteiger partial charge in [-0.25, -0.2) is 4.98 Å². The third kappa shape index (κ3) is 4.35. The molecule has 2 aromatic rings. The number of rotatable bonds is 8. The summed E-state index contributed by atoms with van der Waals surface area (Å²) >= 11 is 0. The van der Waals surface area contributed by atoms with Crippen molar-refractivity contribution in [3.05, 3.63) is 30.1 Å². The first-order valence-electron chi connectivity index (χ1n) is 7.07. The fourth-order valence-corrected chi connectivity index (χ4v) is 2.01. The van der Waals surface area contributed by atoms with Crippen LogP contribution in [-0.4, -0.2) is 35.6 Å². The monoisotopic (exact) mass is 275 g/mol. The van der Waals surface area contributed by atoms with Crippen molar-refractivity contribution in [2.45, 2.75) is 26.2 Å². The number of nitrogens with one attached hydrogen (secondary N) is 2. The molecule has 1 amide bonds. The summed E-state index contributed by atoms with van der Waals surface area (Å²) in [7, 11) is 0. The van der Waals surface area contributed by atoms with Gasteiger partial charge in [0.1, 0.15) is 5.82 Å². The number of amides is 1. The molecule has 0 unspecified atom stereocenters. The van der Waals surface area contributed by atoms with Crippen molar-refractivity contribution in [1.82, 2.24) is 15.3 Å². The lowest BCUT2D eigenvalue weighted by Crippen LogP contribution is -2.25. The second-order valence-corrected chi connectivity index (χ2v) is 4.60. The molecule has 2 rings (SSSR count). The lowest BCUT2D eigenvalue weighted by molar-refractivity contribution is -0.121. The van der Waals surface area contributed by atoms with Gasteiger partial charge >= 0.3 is 0 Å². The Morgan fingerprint density at radius 1 is 1.40 bits per heavy atom. The smallest absolute Gasteiger partial charge is 0.220 e. The average Bonchev–Trinajstić information content (AvgIpc) is 2.86. The van der Waals surface area contributed by atoms with Crippen LogP contribution >= 0.6 is 0 Å². The SMILES string of the molecule is CCOCCCC(=O)NCCc1nc2ccccc2[nH]1. The van der Waals surface area contributed by atoms with Crippen molar-refractivity contribution >= 4 is 16.9 Å². The Hall–Kier alpha value is -1.88. The molecular weight excluding hydrogens is 254 g/mol. The summed E-state index contributed by atoms with van der Waals surface area (Å²) in [6, 6.07) is 7.91. The zero-order valence-electron chi connectivity index (χ0n) is 11.8. The van der Waals surface area contributed by atoms with E-state index in [1.807, 2.05) is 31.2 Å². The van der Waals surface area contributed by atoms with Gasteiger partial charge in [-0.15, -0.1) is 0 Å². The van der Waals surface area contributed by atoms with Gasteiger partial charge in [-0.2, -0.15) is 0 Å².